The van der Waals surface area contributed by atoms with Crippen LogP contribution in [0.4, 0.5) is 0 Å². The number of nitrogens with one attached hydrogen (secondary N) is 1. The standard InChI is InChI=1S/C24H20Cl2N4O2/c1-15-12-18(16(2)30(15)20-9-4-8-19(25)23(20)26)13-28-29-22(31)14-32-21-10-3-6-17-7-5-11-27-24(17)21/h3-13H,14H2,1-2H3,(H,29,31)/b28-13-. The molecule has 0 radical (unpaired) electrons. The summed E-state index contributed by atoms with van der Waals surface area (Å²) in [6.07, 6.45) is 3.28. The van der Waals surface area contributed by atoms with Gasteiger partial charge in [-0.1, -0.05) is 47.5 Å². The van der Waals surface area contributed by atoms with Crippen LogP contribution in [0.15, 0.2) is 65.9 Å². The highest BCUT2D eigenvalue weighted by Gasteiger charge is 2.14. The van der Waals surface area contributed by atoms with Crippen LogP contribution in [0.5, 0.6) is 5.75 Å². The molecule has 0 saturated heterocycles. The summed E-state index contributed by atoms with van der Waals surface area (Å²) in [6, 6.07) is 16.8. The number of carbonyl (C=O) groups is 1. The van der Waals surface area contributed by atoms with Gasteiger partial charge in [-0.15, -0.1) is 0 Å². The van der Waals surface area contributed by atoms with Crippen molar-refractivity contribution < 1.29 is 9.53 Å². The molecule has 2 aromatic carbocycles. The van der Waals surface area contributed by atoms with Gasteiger partial charge in [0.05, 0.1) is 21.9 Å². The third-order valence-corrected chi connectivity index (χ3v) is 5.80. The number of amides is 1. The Morgan fingerprint density at radius 1 is 1.16 bits per heavy atom. The largest absolute Gasteiger partial charge is 0.481 e. The molecule has 32 heavy (non-hydrogen) atoms. The number of nitrogens with zero attached hydrogens (tertiary/aromatic N) is 3. The molecule has 8 heteroatoms. The van der Waals surface area contributed by atoms with Crippen LogP contribution in [-0.2, 0) is 4.79 Å². The van der Waals surface area contributed by atoms with E-state index in [2.05, 4.69) is 15.5 Å². The summed E-state index contributed by atoms with van der Waals surface area (Å²) < 4.78 is 7.63. The molecule has 2 heterocycles. The van der Waals surface area contributed by atoms with E-state index in [0.29, 0.717) is 21.3 Å². The number of halogens is 2. The minimum Gasteiger partial charge on any atom is -0.481 e. The van der Waals surface area contributed by atoms with Crippen LogP contribution in [0.1, 0.15) is 17.0 Å². The molecule has 0 aliphatic heterocycles. The Labute approximate surface area is 195 Å². The fourth-order valence-electron chi connectivity index (χ4n) is 3.50. The Morgan fingerprint density at radius 3 is 2.78 bits per heavy atom. The number of hydrazone groups is 1. The van der Waals surface area contributed by atoms with Gasteiger partial charge < -0.3 is 9.30 Å². The number of benzene rings is 2. The molecule has 0 bridgehead atoms. The van der Waals surface area contributed by atoms with Crippen molar-refractivity contribution in [1.29, 1.82) is 0 Å². The van der Waals surface area contributed by atoms with Gasteiger partial charge >= 0.3 is 0 Å². The summed E-state index contributed by atoms with van der Waals surface area (Å²) in [7, 11) is 0. The third-order valence-electron chi connectivity index (χ3n) is 4.99. The first-order valence-electron chi connectivity index (χ1n) is 9.87. The number of hydrogen-bond acceptors (Lipinski definition) is 4. The topological polar surface area (TPSA) is 68.5 Å². The Morgan fingerprint density at radius 2 is 1.94 bits per heavy atom. The smallest absolute Gasteiger partial charge is 0.277 e. The fraction of sp³-hybridized carbons (Fsp3) is 0.125. The predicted molar refractivity (Wildman–Crippen MR) is 128 cm³/mol. The molecule has 0 saturated carbocycles. The second-order valence-corrected chi connectivity index (χ2v) is 7.93. The number of pyridine rings is 1. The first-order valence-corrected chi connectivity index (χ1v) is 10.6. The van der Waals surface area contributed by atoms with E-state index in [0.717, 1.165) is 28.0 Å². The SMILES string of the molecule is Cc1cc(/C=N\NC(=O)COc2cccc3cccnc23)c(C)n1-c1cccc(Cl)c1Cl. The summed E-state index contributed by atoms with van der Waals surface area (Å²) in [5.41, 5.74) is 6.72. The van der Waals surface area contributed by atoms with Gasteiger partial charge in [-0.25, -0.2) is 5.43 Å². The lowest BCUT2D eigenvalue weighted by atomic mass is 10.2. The summed E-state index contributed by atoms with van der Waals surface area (Å²) in [5, 5.41) is 5.98. The molecule has 4 aromatic rings. The minimum atomic E-state index is -0.374. The molecule has 4 rings (SSSR count). The summed E-state index contributed by atoms with van der Waals surface area (Å²) in [4.78, 5) is 16.5. The number of carbonyl (C=O) groups excluding carboxylic acids is 1. The van der Waals surface area contributed by atoms with Crippen molar-refractivity contribution in [2.24, 2.45) is 5.10 Å². The molecular formula is C24H20Cl2N4O2. The van der Waals surface area contributed by atoms with Gasteiger partial charge in [-0.05, 0) is 44.2 Å². The highest BCUT2D eigenvalue weighted by molar-refractivity contribution is 6.43. The van der Waals surface area contributed by atoms with E-state index in [4.69, 9.17) is 27.9 Å². The van der Waals surface area contributed by atoms with Gasteiger partial charge in [0.25, 0.3) is 5.91 Å². The minimum absolute atomic E-state index is 0.176. The third kappa shape index (κ3) is 4.47. The van der Waals surface area contributed by atoms with Crippen LogP contribution in [0.25, 0.3) is 16.6 Å². The maximum atomic E-state index is 12.2. The number of aromatic nitrogens is 2. The fourth-order valence-corrected chi connectivity index (χ4v) is 3.88. The molecule has 0 unspecified atom stereocenters. The van der Waals surface area contributed by atoms with E-state index in [9.17, 15) is 4.79 Å². The van der Waals surface area contributed by atoms with Crippen molar-refractivity contribution in [3.05, 3.63) is 87.8 Å². The predicted octanol–water partition coefficient (Wildman–Crippen LogP) is 5.48. The average Bonchev–Trinajstić information content (AvgIpc) is 3.07. The molecule has 0 spiro atoms. The number of para-hydroxylation sites is 1. The van der Waals surface area contributed by atoms with Gasteiger partial charge in [0.15, 0.2) is 6.61 Å². The van der Waals surface area contributed by atoms with Crippen molar-refractivity contribution >= 4 is 46.2 Å². The molecular weight excluding hydrogens is 447 g/mol. The van der Waals surface area contributed by atoms with Gasteiger partial charge in [0, 0.05) is 28.5 Å². The van der Waals surface area contributed by atoms with Crippen molar-refractivity contribution in [1.82, 2.24) is 15.0 Å². The molecule has 162 valence electrons. The molecule has 2 aromatic heterocycles. The van der Waals surface area contributed by atoms with E-state index in [1.165, 1.54) is 0 Å². The first-order chi connectivity index (χ1) is 15.5. The van der Waals surface area contributed by atoms with Crippen molar-refractivity contribution in [3.8, 4) is 11.4 Å². The lowest BCUT2D eigenvalue weighted by Gasteiger charge is -2.12. The van der Waals surface area contributed by atoms with Crippen LogP contribution in [-0.4, -0.2) is 28.3 Å². The highest BCUT2D eigenvalue weighted by atomic mass is 35.5. The van der Waals surface area contributed by atoms with Gasteiger partial charge in [0.1, 0.15) is 11.3 Å². The van der Waals surface area contributed by atoms with E-state index >= 15 is 0 Å². The van der Waals surface area contributed by atoms with Crippen LogP contribution >= 0.6 is 23.2 Å². The molecule has 0 atom stereocenters. The van der Waals surface area contributed by atoms with E-state index in [-0.39, 0.29) is 12.5 Å². The maximum absolute atomic E-state index is 12.2. The lowest BCUT2D eigenvalue weighted by Crippen LogP contribution is -2.24. The zero-order chi connectivity index (χ0) is 22.7. The van der Waals surface area contributed by atoms with Crippen molar-refractivity contribution in [3.63, 3.8) is 0 Å². The van der Waals surface area contributed by atoms with Crippen LogP contribution in [0, 0.1) is 13.8 Å². The zero-order valence-electron chi connectivity index (χ0n) is 17.5. The van der Waals surface area contributed by atoms with Crippen LogP contribution < -0.4 is 10.2 Å². The second kappa shape index (κ2) is 9.42. The molecule has 1 amide bonds. The summed E-state index contributed by atoms with van der Waals surface area (Å²) in [6.45, 7) is 3.74. The molecule has 1 N–H and O–H groups in total. The van der Waals surface area contributed by atoms with Crippen molar-refractivity contribution in [2.45, 2.75) is 13.8 Å². The van der Waals surface area contributed by atoms with Gasteiger partial charge in [-0.2, -0.15) is 5.10 Å². The quantitative estimate of drug-likeness (QED) is 0.302. The average molecular weight is 467 g/mol. The number of aryl methyl sites for hydroxylation is 1. The summed E-state index contributed by atoms with van der Waals surface area (Å²) in [5.74, 6) is 0.171. The molecule has 6 nitrogen and oxygen atoms in total. The second-order valence-electron chi connectivity index (χ2n) is 7.15. The Bertz CT molecular complexity index is 1330. The number of rotatable bonds is 6. The van der Waals surface area contributed by atoms with E-state index in [1.807, 2.05) is 60.9 Å². The Hall–Kier alpha value is -3.35. The number of hydrogen-bond donors (Lipinski definition) is 1. The Kier molecular flexibility index (Phi) is 6.44. The van der Waals surface area contributed by atoms with Crippen LogP contribution in [0.2, 0.25) is 10.0 Å². The van der Waals surface area contributed by atoms with Gasteiger partial charge in [0.2, 0.25) is 0 Å². The maximum Gasteiger partial charge on any atom is 0.277 e. The molecule has 0 aliphatic carbocycles. The van der Waals surface area contributed by atoms with Crippen molar-refractivity contribution in [2.75, 3.05) is 6.61 Å². The number of ether oxygens (including phenoxy) is 1. The van der Waals surface area contributed by atoms with E-state index in [1.54, 1.807) is 24.5 Å². The van der Waals surface area contributed by atoms with Crippen LogP contribution in [0.3, 0.4) is 0 Å². The molecule has 0 fully saturated rings. The number of fused-ring (bicyclic) bond motifs is 1. The van der Waals surface area contributed by atoms with E-state index < -0.39 is 0 Å². The monoisotopic (exact) mass is 466 g/mol. The highest BCUT2D eigenvalue weighted by Crippen LogP contribution is 2.31. The normalized spacial score (nSPS) is 11.2. The zero-order valence-corrected chi connectivity index (χ0v) is 19.0. The summed E-state index contributed by atoms with van der Waals surface area (Å²) >= 11 is 12.6. The Balaban J connectivity index is 1.43. The molecule has 0 aliphatic rings. The first kappa shape index (κ1) is 21.9. The lowest BCUT2D eigenvalue weighted by molar-refractivity contribution is -0.123. The van der Waals surface area contributed by atoms with Gasteiger partial charge in [-0.3, -0.25) is 9.78 Å².